The van der Waals surface area contributed by atoms with Gasteiger partial charge in [0.2, 0.25) is 0 Å². The number of aromatic nitrogens is 1. The topological polar surface area (TPSA) is 28.6 Å². The highest BCUT2D eigenvalue weighted by atomic mass is 19.4. The molecule has 0 radical (unpaired) electrons. The maximum atomic E-state index is 13.0. The molecule has 3 aromatic rings. The zero-order valence-corrected chi connectivity index (χ0v) is 16.3. The molecular weight excluding hydrogens is 379 g/mol. The largest absolute Gasteiger partial charge is 0.494 e. The van der Waals surface area contributed by atoms with Crippen LogP contribution in [0, 0.1) is 6.92 Å². The Balaban J connectivity index is 1.55. The number of nitrogens with zero attached hydrogens (tertiary/aromatic N) is 3. The second-order valence-electron chi connectivity index (χ2n) is 7.18. The number of ether oxygens (including phenoxy) is 1. The van der Waals surface area contributed by atoms with Crippen molar-refractivity contribution in [1.29, 1.82) is 0 Å². The molecule has 1 aliphatic heterocycles. The van der Waals surface area contributed by atoms with Crippen molar-refractivity contribution in [3.63, 3.8) is 0 Å². The molecule has 0 atom stereocenters. The van der Waals surface area contributed by atoms with E-state index in [2.05, 4.69) is 11.0 Å². The van der Waals surface area contributed by atoms with Gasteiger partial charge in [-0.3, -0.25) is 0 Å². The van der Waals surface area contributed by atoms with Gasteiger partial charge in [0.05, 0.1) is 12.7 Å². The average molecular weight is 401 g/mol. The van der Waals surface area contributed by atoms with Crippen LogP contribution in [0.3, 0.4) is 0 Å². The number of piperazine rings is 1. The van der Waals surface area contributed by atoms with Crippen molar-refractivity contribution in [2.75, 3.05) is 43.1 Å². The van der Waals surface area contributed by atoms with Gasteiger partial charge in [-0.15, -0.1) is 0 Å². The number of alkyl halides is 3. The first-order valence-corrected chi connectivity index (χ1v) is 9.48. The summed E-state index contributed by atoms with van der Waals surface area (Å²) in [5.74, 6) is 1.60. The number of methoxy groups -OCH3 is 1. The van der Waals surface area contributed by atoms with Gasteiger partial charge >= 0.3 is 6.18 Å². The van der Waals surface area contributed by atoms with Gasteiger partial charge in [-0.2, -0.15) is 13.2 Å². The summed E-state index contributed by atoms with van der Waals surface area (Å²) < 4.78 is 44.5. The minimum atomic E-state index is -4.33. The number of rotatable bonds is 3. The third-order valence-corrected chi connectivity index (χ3v) is 5.36. The van der Waals surface area contributed by atoms with E-state index < -0.39 is 11.7 Å². The molecule has 0 spiro atoms. The van der Waals surface area contributed by atoms with E-state index in [1.807, 2.05) is 30.0 Å². The fourth-order valence-electron chi connectivity index (χ4n) is 3.77. The molecule has 152 valence electrons. The zero-order chi connectivity index (χ0) is 20.6. The van der Waals surface area contributed by atoms with Crippen molar-refractivity contribution in [2.45, 2.75) is 13.1 Å². The second kappa shape index (κ2) is 7.46. The number of fused-ring (bicyclic) bond motifs is 1. The Labute approximate surface area is 167 Å². The number of hydrogen-bond acceptors (Lipinski definition) is 4. The number of benzene rings is 2. The van der Waals surface area contributed by atoms with Gasteiger partial charge in [-0.1, -0.05) is 18.2 Å². The fraction of sp³-hybridized carbons (Fsp3) is 0.318. The number of anilines is 2. The van der Waals surface area contributed by atoms with Crippen molar-refractivity contribution in [3.05, 3.63) is 59.7 Å². The monoisotopic (exact) mass is 401 g/mol. The van der Waals surface area contributed by atoms with Crippen LogP contribution >= 0.6 is 0 Å². The summed E-state index contributed by atoms with van der Waals surface area (Å²) in [6.45, 7) is 4.68. The van der Waals surface area contributed by atoms with Crippen molar-refractivity contribution >= 4 is 22.4 Å². The lowest BCUT2D eigenvalue weighted by Crippen LogP contribution is -2.46. The number of para-hydroxylation sites is 1. The number of aryl methyl sites for hydroxylation is 1. The molecular formula is C22H22F3N3O. The maximum absolute atomic E-state index is 13.0. The molecule has 0 amide bonds. The lowest BCUT2D eigenvalue weighted by Gasteiger charge is -2.37. The van der Waals surface area contributed by atoms with Crippen molar-refractivity contribution in [2.24, 2.45) is 0 Å². The molecule has 1 fully saturated rings. The van der Waals surface area contributed by atoms with Crippen LogP contribution in [-0.2, 0) is 6.18 Å². The van der Waals surface area contributed by atoms with Crippen LogP contribution in [0.2, 0.25) is 0 Å². The lowest BCUT2D eigenvalue weighted by molar-refractivity contribution is -0.137. The number of pyridine rings is 1. The van der Waals surface area contributed by atoms with Crippen LogP contribution in [0.4, 0.5) is 24.7 Å². The number of hydrogen-bond donors (Lipinski definition) is 0. The van der Waals surface area contributed by atoms with Crippen molar-refractivity contribution < 1.29 is 17.9 Å². The van der Waals surface area contributed by atoms with Gasteiger partial charge in [0.25, 0.3) is 0 Å². The van der Waals surface area contributed by atoms with E-state index >= 15 is 0 Å². The molecule has 0 N–H and O–H groups in total. The van der Waals surface area contributed by atoms with Crippen LogP contribution in [0.1, 0.15) is 11.1 Å². The Morgan fingerprint density at radius 1 is 0.931 bits per heavy atom. The van der Waals surface area contributed by atoms with Gasteiger partial charge < -0.3 is 14.5 Å². The Kier molecular flexibility index (Phi) is 4.98. The fourth-order valence-corrected chi connectivity index (χ4v) is 3.77. The molecule has 29 heavy (non-hydrogen) atoms. The van der Waals surface area contributed by atoms with Gasteiger partial charge in [0.15, 0.2) is 0 Å². The lowest BCUT2D eigenvalue weighted by atomic mass is 10.1. The summed E-state index contributed by atoms with van der Waals surface area (Å²) in [5, 5.41) is 1.05. The highest BCUT2D eigenvalue weighted by Gasteiger charge is 2.31. The Bertz CT molecular complexity index is 1030. The van der Waals surface area contributed by atoms with Crippen molar-refractivity contribution in [3.8, 4) is 5.75 Å². The van der Waals surface area contributed by atoms with E-state index in [9.17, 15) is 13.2 Å². The molecule has 4 nitrogen and oxygen atoms in total. The standard InChI is InChI=1S/C22H22F3N3O/c1-15-13-20(26-21-18(15)7-4-8-19(21)29-2)28-11-9-27(10-12-28)17-6-3-5-16(14-17)22(23,24)25/h3-8,13-14H,9-12H2,1-2H3. The molecule has 1 saturated heterocycles. The van der Waals surface area contributed by atoms with E-state index in [-0.39, 0.29) is 0 Å². The van der Waals surface area contributed by atoms with Crippen LogP contribution in [0.5, 0.6) is 5.75 Å². The number of halogens is 3. The second-order valence-corrected chi connectivity index (χ2v) is 7.18. The first-order valence-electron chi connectivity index (χ1n) is 9.48. The van der Waals surface area contributed by atoms with E-state index in [1.54, 1.807) is 13.2 Å². The Hall–Kier alpha value is -2.96. The van der Waals surface area contributed by atoms with Crippen LogP contribution in [-0.4, -0.2) is 38.3 Å². The first-order chi connectivity index (χ1) is 13.9. The van der Waals surface area contributed by atoms with Crippen LogP contribution < -0.4 is 14.5 Å². The smallest absolute Gasteiger partial charge is 0.416 e. The minimum absolute atomic E-state index is 0.601. The molecule has 0 saturated carbocycles. The highest BCUT2D eigenvalue weighted by Crippen LogP contribution is 2.33. The predicted octanol–water partition coefficient (Wildman–Crippen LogP) is 4.90. The molecule has 0 unspecified atom stereocenters. The van der Waals surface area contributed by atoms with Gasteiger partial charge in [0.1, 0.15) is 17.1 Å². The SMILES string of the molecule is COc1cccc2c(C)cc(N3CCN(c4cccc(C(F)(F)F)c4)CC3)nc12. The quantitative estimate of drug-likeness (QED) is 0.624. The molecule has 4 rings (SSSR count). The molecule has 2 aromatic carbocycles. The average Bonchev–Trinajstić information content (AvgIpc) is 2.73. The summed E-state index contributed by atoms with van der Waals surface area (Å²) in [5.41, 5.74) is 1.93. The normalized spacial score (nSPS) is 15.1. The molecule has 7 heteroatoms. The summed E-state index contributed by atoms with van der Waals surface area (Å²) in [4.78, 5) is 8.96. The van der Waals surface area contributed by atoms with E-state index in [1.165, 1.54) is 12.1 Å². The molecule has 1 aliphatic rings. The van der Waals surface area contributed by atoms with E-state index in [0.717, 1.165) is 34.1 Å². The first kappa shape index (κ1) is 19.4. The minimum Gasteiger partial charge on any atom is -0.494 e. The molecule has 0 bridgehead atoms. The highest BCUT2D eigenvalue weighted by molar-refractivity contribution is 5.88. The molecule has 0 aliphatic carbocycles. The maximum Gasteiger partial charge on any atom is 0.416 e. The van der Waals surface area contributed by atoms with Crippen LogP contribution in [0.15, 0.2) is 48.5 Å². The van der Waals surface area contributed by atoms with E-state index in [0.29, 0.717) is 31.9 Å². The summed E-state index contributed by atoms with van der Waals surface area (Å²) in [6.07, 6.45) is -4.33. The van der Waals surface area contributed by atoms with Crippen LogP contribution in [0.25, 0.3) is 10.9 Å². The van der Waals surface area contributed by atoms with Gasteiger partial charge in [0, 0.05) is 37.3 Å². The summed E-state index contributed by atoms with van der Waals surface area (Å²) in [6, 6.07) is 13.4. The zero-order valence-electron chi connectivity index (χ0n) is 16.3. The molecule has 2 heterocycles. The third-order valence-electron chi connectivity index (χ3n) is 5.36. The summed E-state index contributed by atoms with van der Waals surface area (Å²) >= 11 is 0. The molecule has 1 aromatic heterocycles. The van der Waals surface area contributed by atoms with Gasteiger partial charge in [-0.25, -0.2) is 4.98 Å². The third kappa shape index (κ3) is 3.81. The van der Waals surface area contributed by atoms with E-state index in [4.69, 9.17) is 9.72 Å². The summed E-state index contributed by atoms with van der Waals surface area (Å²) in [7, 11) is 1.63. The van der Waals surface area contributed by atoms with Crippen molar-refractivity contribution in [1.82, 2.24) is 4.98 Å². The predicted molar refractivity (Wildman–Crippen MR) is 109 cm³/mol. The Morgan fingerprint density at radius 3 is 2.31 bits per heavy atom. The van der Waals surface area contributed by atoms with Gasteiger partial charge in [-0.05, 0) is 42.8 Å². The Morgan fingerprint density at radius 2 is 1.62 bits per heavy atom.